The molecule has 218 valence electrons. The normalized spacial score (nSPS) is 32.1. The highest BCUT2D eigenvalue weighted by Crippen LogP contribution is 2.65. The molecule has 6 atom stereocenters. The number of Topliss-reactive ketones (excluding diaryl/α,β-unsaturated/α-hetero) is 1. The highest BCUT2D eigenvalue weighted by atomic mass is 79.9. The van der Waals surface area contributed by atoms with Gasteiger partial charge < -0.3 is 5.11 Å². The smallest absolute Gasteiger partial charge is 0.254 e. The zero-order valence-electron chi connectivity index (χ0n) is 23.0. The third kappa shape index (κ3) is 3.69. The van der Waals surface area contributed by atoms with Crippen molar-refractivity contribution in [1.82, 2.24) is 4.90 Å². The van der Waals surface area contributed by atoms with Gasteiger partial charge in [0.1, 0.15) is 5.75 Å². The number of halogens is 3. The molecule has 2 heterocycles. The Labute approximate surface area is 260 Å². The highest BCUT2D eigenvalue weighted by molar-refractivity contribution is 9.09. The number of imide groups is 2. The van der Waals surface area contributed by atoms with Crippen molar-refractivity contribution in [2.24, 2.45) is 17.8 Å². The maximum absolute atomic E-state index is 14.1. The summed E-state index contributed by atoms with van der Waals surface area (Å²) in [6.45, 7) is 4.89. The number of carbonyl (C=O) groups is 5. The molecular formula is C31H27BrCl2N2O6. The van der Waals surface area contributed by atoms with E-state index in [0.717, 1.165) is 9.80 Å². The van der Waals surface area contributed by atoms with Crippen molar-refractivity contribution in [1.29, 1.82) is 0 Å². The van der Waals surface area contributed by atoms with Gasteiger partial charge in [-0.2, -0.15) is 0 Å². The van der Waals surface area contributed by atoms with Crippen LogP contribution in [0.1, 0.15) is 52.7 Å². The minimum atomic E-state index is -1.90. The minimum Gasteiger partial charge on any atom is -0.507 e. The molecule has 42 heavy (non-hydrogen) atoms. The summed E-state index contributed by atoms with van der Waals surface area (Å²) in [6.07, 6.45) is 2.00. The summed E-state index contributed by atoms with van der Waals surface area (Å²) in [6, 6.07) is 9.74. The van der Waals surface area contributed by atoms with E-state index in [1.165, 1.54) is 6.92 Å². The van der Waals surface area contributed by atoms with E-state index in [9.17, 15) is 29.1 Å². The number of anilines is 1. The van der Waals surface area contributed by atoms with Crippen molar-refractivity contribution >= 4 is 74.2 Å². The van der Waals surface area contributed by atoms with E-state index in [1.54, 1.807) is 50.2 Å². The van der Waals surface area contributed by atoms with Crippen LogP contribution in [0.3, 0.4) is 0 Å². The second-order valence-electron chi connectivity index (χ2n) is 11.6. The van der Waals surface area contributed by atoms with Gasteiger partial charge in [0.15, 0.2) is 15.5 Å². The summed E-state index contributed by atoms with van der Waals surface area (Å²) in [5.41, 5.74) is 3.09. The molecule has 6 rings (SSSR count). The average Bonchev–Trinajstić information content (AvgIpc) is 3.29. The fourth-order valence-electron chi connectivity index (χ4n) is 7.38. The summed E-state index contributed by atoms with van der Waals surface area (Å²) in [5.74, 6) is -5.21. The minimum absolute atomic E-state index is 0.100. The Morgan fingerprint density at radius 2 is 1.62 bits per heavy atom. The second kappa shape index (κ2) is 9.76. The molecule has 3 fully saturated rings. The van der Waals surface area contributed by atoms with Crippen LogP contribution in [0.25, 0.3) is 0 Å². The first-order valence-electron chi connectivity index (χ1n) is 13.6. The number of aryl methyl sites for hydroxylation is 2. The number of aromatic hydroxyl groups is 1. The van der Waals surface area contributed by atoms with Crippen LogP contribution < -0.4 is 4.90 Å². The number of phenols is 1. The van der Waals surface area contributed by atoms with Crippen molar-refractivity contribution in [2.75, 3.05) is 10.4 Å². The molecule has 2 aromatic rings. The van der Waals surface area contributed by atoms with Gasteiger partial charge in [0, 0.05) is 11.5 Å². The number of amides is 4. The lowest BCUT2D eigenvalue weighted by atomic mass is 9.56. The van der Waals surface area contributed by atoms with Gasteiger partial charge in [-0.05, 0) is 80.5 Å². The Morgan fingerprint density at radius 3 is 2.19 bits per heavy atom. The Morgan fingerprint density at radius 1 is 1.00 bits per heavy atom. The molecule has 0 spiro atoms. The zero-order chi connectivity index (χ0) is 30.5. The standard InChI is InChI=1S/C31H27BrCl2N2O6/c1-14-10-18(11-15(2)25(14)38)24-20-8-9-21-23(22(20)12-30(33)28(41)35(13-32)29(42)31(24,30)34)27(40)36(26(21)39)19-6-4-17(5-7-19)16(3)37/h4-8,10-11,21-24,38H,9,12-13H2,1-3H3. The summed E-state index contributed by atoms with van der Waals surface area (Å²) >= 11 is 17.7. The molecule has 0 aromatic heterocycles. The van der Waals surface area contributed by atoms with Crippen LogP contribution in [-0.4, -0.2) is 54.6 Å². The Hall–Kier alpha value is -3.01. The molecule has 6 unspecified atom stereocenters. The number of likely N-dealkylation sites (tertiary alicyclic amines) is 1. The van der Waals surface area contributed by atoms with Crippen LogP contribution in [0.4, 0.5) is 5.69 Å². The van der Waals surface area contributed by atoms with E-state index in [0.29, 0.717) is 33.5 Å². The summed E-state index contributed by atoms with van der Waals surface area (Å²) in [7, 11) is 0. The first-order valence-corrected chi connectivity index (χ1v) is 15.4. The van der Waals surface area contributed by atoms with Crippen molar-refractivity contribution in [3.8, 4) is 5.75 Å². The molecule has 4 amide bonds. The van der Waals surface area contributed by atoms with Gasteiger partial charge in [0.25, 0.3) is 11.8 Å². The number of nitrogens with zero attached hydrogens (tertiary/aromatic N) is 2. The predicted octanol–water partition coefficient (Wildman–Crippen LogP) is 5.13. The highest BCUT2D eigenvalue weighted by Gasteiger charge is 2.76. The summed E-state index contributed by atoms with van der Waals surface area (Å²) < 4.78 is 0. The summed E-state index contributed by atoms with van der Waals surface area (Å²) in [5, 5.41) is 10.5. The quantitative estimate of drug-likeness (QED) is 0.158. The van der Waals surface area contributed by atoms with E-state index in [2.05, 4.69) is 15.9 Å². The summed E-state index contributed by atoms with van der Waals surface area (Å²) in [4.78, 5) is 65.6. The molecule has 1 saturated carbocycles. The molecule has 0 bridgehead atoms. The molecular weight excluding hydrogens is 647 g/mol. The monoisotopic (exact) mass is 672 g/mol. The average molecular weight is 674 g/mol. The Kier molecular flexibility index (Phi) is 6.76. The molecule has 4 aliphatic rings. The van der Waals surface area contributed by atoms with Gasteiger partial charge in [0.2, 0.25) is 11.8 Å². The lowest BCUT2D eigenvalue weighted by Gasteiger charge is -2.51. The van der Waals surface area contributed by atoms with Gasteiger partial charge in [0.05, 0.1) is 23.0 Å². The lowest BCUT2D eigenvalue weighted by molar-refractivity contribution is -0.138. The number of allylic oxidation sites excluding steroid dienone is 2. The molecule has 0 radical (unpaired) electrons. The van der Waals surface area contributed by atoms with Crippen LogP contribution in [0.2, 0.25) is 0 Å². The number of fused-ring (bicyclic) bond motifs is 4. The van der Waals surface area contributed by atoms with Gasteiger partial charge in [-0.25, -0.2) is 0 Å². The Balaban J connectivity index is 1.50. The van der Waals surface area contributed by atoms with E-state index < -0.39 is 51.1 Å². The second-order valence-corrected chi connectivity index (χ2v) is 13.3. The van der Waals surface area contributed by atoms with Crippen LogP contribution in [0, 0.1) is 31.6 Å². The van der Waals surface area contributed by atoms with E-state index in [4.69, 9.17) is 23.2 Å². The van der Waals surface area contributed by atoms with E-state index in [-0.39, 0.29) is 35.7 Å². The third-order valence-electron chi connectivity index (χ3n) is 9.39. The zero-order valence-corrected chi connectivity index (χ0v) is 26.1. The number of hydrogen-bond donors (Lipinski definition) is 1. The molecule has 11 heteroatoms. The molecule has 2 saturated heterocycles. The number of hydrogen-bond acceptors (Lipinski definition) is 6. The van der Waals surface area contributed by atoms with Crippen LogP contribution in [0.5, 0.6) is 5.75 Å². The number of benzene rings is 2. The van der Waals surface area contributed by atoms with Gasteiger partial charge in [-0.1, -0.05) is 39.7 Å². The molecule has 1 N–H and O–H groups in total. The fraction of sp³-hybridized carbons (Fsp3) is 0.387. The maximum atomic E-state index is 14.1. The number of ketones is 1. The van der Waals surface area contributed by atoms with Crippen molar-refractivity contribution in [3.63, 3.8) is 0 Å². The van der Waals surface area contributed by atoms with Gasteiger partial charge >= 0.3 is 0 Å². The molecule has 2 aliphatic carbocycles. The lowest BCUT2D eigenvalue weighted by Crippen LogP contribution is -2.60. The predicted molar refractivity (Wildman–Crippen MR) is 160 cm³/mol. The van der Waals surface area contributed by atoms with Crippen molar-refractivity contribution in [2.45, 2.75) is 49.3 Å². The van der Waals surface area contributed by atoms with Crippen LogP contribution in [-0.2, 0) is 19.2 Å². The number of carbonyl (C=O) groups excluding carboxylic acids is 5. The van der Waals surface area contributed by atoms with Crippen molar-refractivity contribution < 1.29 is 29.1 Å². The Bertz CT molecular complexity index is 1620. The topological polar surface area (TPSA) is 112 Å². The van der Waals surface area contributed by atoms with Gasteiger partial charge in [-0.15, -0.1) is 23.2 Å². The number of alkyl halides is 3. The number of phenolic OH excluding ortho intramolecular Hbond substituents is 1. The van der Waals surface area contributed by atoms with Crippen LogP contribution >= 0.6 is 39.1 Å². The van der Waals surface area contributed by atoms with Gasteiger partial charge in [-0.3, -0.25) is 33.8 Å². The largest absolute Gasteiger partial charge is 0.507 e. The number of rotatable bonds is 4. The third-order valence-corrected chi connectivity index (χ3v) is 11.3. The first kappa shape index (κ1) is 29.1. The fourth-order valence-corrected chi connectivity index (χ4v) is 8.81. The molecule has 2 aliphatic heterocycles. The van der Waals surface area contributed by atoms with Crippen molar-refractivity contribution in [3.05, 3.63) is 70.3 Å². The van der Waals surface area contributed by atoms with E-state index >= 15 is 0 Å². The maximum Gasteiger partial charge on any atom is 0.254 e. The van der Waals surface area contributed by atoms with Crippen LogP contribution in [0.15, 0.2) is 48.0 Å². The molecule has 8 nitrogen and oxygen atoms in total. The molecule has 2 aromatic carbocycles. The first-order chi connectivity index (χ1) is 19.8. The van der Waals surface area contributed by atoms with E-state index in [1.807, 2.05) is 6.08 Å². The SMILES string of the molecule is CC(=O)c1ccc(N2C(=O)C3CC=C4C(CC5(Cl)C(=O)N(CBr)C(=O)C5(Cl)C4c4cc(C)c(O)c(C)c4)C3C2=O)cc1.